The van der Waals surface area contributed by atoms with Gasteiger partial charge in [0.05, 0.1) is 5.03 Å². The number of nitrogens with one attached hydrogen (secondary N) is 1. The van der Waals surface area contributed by atoms with Gasteiger partial charge in [-0.15, -0.1) is 12.6 Å². The summed E-state index contributed by atoms with van der Waals surface area (Å²) >= 11 is 4.54. The van der Waals surface area contributed by atoms with Crippen LogP contribution in [0.5, 0.6) is 0 Å². The lowest BCUT2D eigenvalue weighted by atomic mass is 10.1. The number of anilines is 1. The minimum atomic E-state index is -0.619. The summed E-state index contributed by atoms with van der Waals surface area (Å²) in [6.45, 7) is 4.00. The Kier molecular flexibility index (Phi) is 4.91. The molecule has 6 heteroatoms. The van der Waals surface area contributed by atoms with Gasteiger partial charge in [-0.3, -0.25) is 4.79 Å². The fourth-order valence-corrected chi connectivity index (χ4v) is 3.87. The van der Waals surface area contributed by atoms with Gasteiger partial charge in [0, 0.05) is 11.3 Å². The van der Waals surface area contributed by atoms with Crippen molar-refractivity contribution in [2.24, 2.45) is 0 Å². The maximum Gasteiger partial charge on any atom is 0.266 e. The Hall–Kier alpha value is -3.43. The minimum Gasteiger partial charge on any atom is -0.457 e. The Morgan fingerprint density at radius 1 is 1.10 bits per heavy atom. The number of hydrogen-bond acceptors (Lipinski definition) is 5. The fraction of sp³-hybridized carbons (Fsp3) is 0.130. The van der Waals surface area contributed by atoms with Gasteiger partial charge in [-0.05, 0) is 37.6 Å². The largest absolute Gasteiger partial charge is 0.457 e. The monoisotopic (exact) mass is 401 g/mol. The molecule has 5 nitrogen and oxygen atoms in total. The smallest absolute Gasteiger partial charge is 0.266 e. The molecular weight excluding hydrogens is 382 g/mol. The van der Waals surface area contributed by atoms with Crippen molar-refractivity contribution in [1.82, 2.24) is 5.32 Å². The highest BCUT2D eigenvalue weighted by atomic mass is 32.1. The Balaban J connectivity index is 1.83. The predicted octanol–water partition coefficient (Wildman–Crippen LogP) is 4.86. The highest BCUT2D eigenvalue weighted by Crippen LogP contribution is 2.38. The molecule has 2 aromatic carbocycles. The SMILES string of the molecule is Cc1ccc(N2C(S)=C(C#N)C(=O)NC2c2ccc(-c3ccccc3)o2)c(C)c1. The van der Waals surface area contributed by atoms with Crippen molar-refractivity contribution in [1.29, 1.82) is 5.26 Å². The van der Waals surface area contributed by atoms with Crippen LogP contribution >= 0.6 is 12.6 Å². The Morgan fingerprint density at radius 2 is 1.86 bits per heavy atom. The van der Waals surface area contributed by atoms with Crippen LogP contribution in [0.15, 0.2) is 75.7 Å². The molecule has 144 valence electrons. The summed E-state index contributed by atoms with van der Waals surface area (Å²) in [6, 6.07) is 21.4. The van der Waals surface area contributed by atoms with E-state index in [1.807, 2.05) is 85.5 Å². The van der Waals surface area contributed by atoms with Crippen LogP contribution in [0.3, 0.4) is 0 Å². The third kappa shape index (κ3) is 3.41. The molecule has 0 spiro atoms. The van der Waals surface area contributed by atoms with Gasteiger partial charge in [0.2, 0.25) is 0 Å². The molecule has 4 rings (SSSR count). The van der Waals surface area contributed by atoms with Crippen LogP contribution in [-0.4, -0.2) is 5.91 Å². The zero-order valence-electron chi connectivity index (χ0n) is 16.0. The van der Waals surface area contributed by atoms with Gasteiger partial charge in [0.25, 0.3) is 5.91 Å². The van der Waals surface area contributed by atoms with Gasteiger partial charge >= 0.3 is 0 Å². The Bertz CT molecular complexity index is 1160. The van der Waals surface area contributed by atoms with Crippen molar-refractivity contribution >= 4 is 24.2 Å². The number of aryl methyl sites for hydroxylation is 2. The third-order valence-electron chi connectivity index (χ3n) is 4.88. The molecule has 0 saturated heterocycles. The van der Waals surface area contributed by atoms with Crippen LogP contribution in [0.4, 0.5) is 5.69 Å². The molecule has 0 radical (unpaired) electrons. The van der Waals surface area contributed by atoms with Crippen LogP contribution in [0.2, 0.25) is 0 Å². The molecule has 0 saturated carbocycles. The second kappa shape index (κ2) is 7.53. The molecule has 0 bridgehead atoms. The molecule has 1 aromatic heterocycles. The van der Waals surface area contributed by atoms with Crippen LogP contribution in [0, 0.1) is 25.2 Å². The number of hydrogen-bond donors (Lipinski definition) is 2. The Morgan fingerprint density at radius 3 is 2.55 bits per heavy atom. The van der Waals surface area contributed by atoms with Crippen LogP contribution in [0.1, 0.15) is 23.1 Å². The first-order valence-corrected chi connectivity index (χ1v) is 9.60. The number of rotatable bonds is 3. The molecular formula is C23H19N3O2S. The zero-order chi connectivity index (χ0) is 20.5. The molecule has 2 heterocycles. The molecule has 1 unspecified atom stereocenters. The molecule has 1 amide bonds. The maximum atomic E-state index is 12.5. The van der Waals surface area contributed by atoms with E-state index in [4.69, 9.17) is 4.42 Å². The van der Waals surface area contributed by atoms with E-state index in [1.165, 1.54) is 0 Å². The number of amides is 1. The van der Waals surface area contributed by atoms with Crippen molar-refractivity contribution < 1.29 is 9.21 Å². The summed E-state index contributed by atoms with van der Waals surface area (Å²) in [7, 11) is 0. The Labute approximate surface area is 174 Å². The number of furan rings is 1. The van der Waals surface area contributed by atoms with Gasteiger partial charge in [-0.1, -0.05) is 48.0 Å². The van der Waals surface area contributed by atoms with E-state index in [2.05, 4.69) is 17.9 Å². The van der Waals surface area contributed by atoms with Gasteiger partial charge < -0.3 is 14.6 Å². The summed E-state index contributed by atoms with van der Waals surface area (Å²) in [5.74, 6) is 0.785. The highest BCUT2D eigenvalue weighted by molar-refractivity contribution is 7.84. The van der Waals surface area contributed by atoms with E-state index in [0.717, 1.165) is 22.4 Å². The van der Waals surface area contributed by atoms with Crippen molar-refractivity contribution in [3.63, 3.8) is 0 Å². The van der Waals surface area contributed by atoms with E-state index in [0.29, 0.717) is 16.5 Å². The summed E-state index contributed by atoms with van der Waals surface area (Å²) in [5.41, 5.74) is 3.89. The fourth-order valence-electron chi connectivity index (χ4n) is 3.49. The summed E-state index contributed by atoms with van der Waals surface area (Å²) in [4.78, 5) is 14.3. The predicted molar refractivity (Wildman–Crippen MR) is 115 cm³/mol. The summed E-state index contributed by atoms with van der Waals surface area (Å²) < 4.78 is 6.09. The first-order valence-electron chi connectivity index (χ1n) is 9.15. The second-order valence-electron chi connectivity index (χ2n) is 6.91. The van der Waals surface area contributed by atoms with Crippen LogP contribution in [0.25, 0.3) is 11.3 Å². The standard InChI is InChI=1S/C23H19N3O2S/c1-14-8-9-18(15(2)12-14)26-21(25-22(27)17(13-24)23(26)29)20-11-10-19(28-20)16-6-4-3-5-7-16/h3-12,21,29H,1-2H3,(H,25,27). The van der Waals surface area contributed by atoms with Crippen LogP contribution < -0.4 is 10.2 Å². The minimum absolute atomic E-state index is 0.0283. The molecule has 1 aliphatic rings. The van der Waals surface area contributed by atoms with E-state index >= 15 is 0 Å². The van der Waals surface area contributed by atoms with E-state index < -0.39 is 12.1 Å². The summed E-state index contributed by atoms with van der Waals surface area (Å²) in [5, 5.41) is 12.6. The second-order valence-corrected chi connectivity index (χ2v) is 7.34. The summed E-state index contributed by atoms with van der Waals surface area (Å²) in [6.07, 6.45) is -0.619. The van der Waals surface area contributed by atoms with Gasteiger partial charge in [0.1, 0.15) is 23.2 Å². The number of benzene rings is 2. The lowest BCUT2D eigenvalue weighted by Gasteiger charge is -2.37. The normalized spacial score (nSPS) is 16.6. The molecule has 1 atom stereocenters. The average Bonchev–Trinajstić information content (AvgIpc) is 3.20. The quantitative estimate of drug-likeness (QED) is 0.615. The van der Waals surface area contributed by atoms with Crippen molar-refractivity contribution in [3.05, 3.63) is 88.2 Å². The van der Waals surface area contributed by atoms with E-state index in [1.54, 1.807) is 0 Å². The number of carbonyl (C=O) groups excluding carboxylic acids is 1. The van der Waals surface area contributed by atoms with Crippen molar-refractivity contribution in [3.8, 4) is 17.4 Å². The number of nitriles is 1. The van der Waals surface area contributed by atoms with Gasteiger partial charge in [-0.2, -0.15) is 5.26 Å². The third-order valence-corrected chi connectivity index (χ3v) is 5.32. The molecule has 0 aliphatic carbocycles. The lowest BCUT2D eigenvalue weighted by Crippen LogP contribution is -2.46. The number of carbonyl (C=O) groups is 1. The van der Waals surface area contributed by atoms with Gasteiger partial charge in [0.15, 0.2) is 6.17 Å². The van der Waals surface area contributed by atoms with Crippen LogP contribution in [-0.2, 0) is 4.79 Å². The first kappa shape index (κ1) is 18.9. The van der Waals surface area contributed by atoms with E-state index in [9.17, 15) is 10.1 Å². The van der Waals surface area contributed by atoms with Crippen molar-refractivity contribution in [2.75, 3.05) is 4.90 Å². The van der Waals surface area contributed by atoms with Crippen molar-refractivity contribution in [2.45, 2.75) is 20.0 Å². The molecule has 0 fully saturated rings. The average molecular weight is 401 g/mol. The highest BCUT2D eigenvalue weighted by Gasteiger charge is 2.36. The topological polar surface area (TPSA) is 69.3 Å². The molecule has 1 N–H and O–H groups in total. The first-order chi connectivity index (χ1) is 14.0. The molecule has 1 aliphatic heterocycles. The maximum absolute atomic E-state index is 12.5. The number of thiol groups is 1. The molecule has 3 aromatic rings. The lowest BCUT2D eigenvalue weighted by molar-refractivity contribution is -0.118. The number of nitrogens with zero attached hydrogens (tertiary/aromatic N) is 2. The van der Waals surface area contributed by atoms with E-state index in [-0.39, 0.29) is 5.57 Å². The van der Waals surface area contributed by atoms with Gasteiger partial charge in [-0.25, -0.2) is 0 Å². The zero-order valence-corrected chi connectivity index (χ0v) is 16.9. The molecule has 29 heavy (non-hydrogen) atoms.